The molecular weight excluding hydrogens is 657 g/mol. The quantitative estimate of drug-likeness (QED) is 0.137. The molecule has 2 aromatic heterocycles. The molecule has 10 heteroatoms. The van der Waals surface area contributed by atoms with Crippen LogP contribution in [-0.2, 0) is 17.3 Å². The summed E-state index contributed by atoms with van der Waals surface area (Å²) >= 11 is 0. The van der Waals surface area contributed by atoms with Crippen molar-refractivity contribution in [2.45, 2.75) is 110 Å². The van der Waals surface area contributed by atoms with Gasteiger partial charge in [-0.15, -0.1) is 0 Å². The summed E-state index contributed by atoms with van der Waals surface area (Å²) in [7, 11) is -1.79. The molecule has 51 heavy (non-hydrogen) atoms. The Labute approximate surface area is 301 Å². The molecule has 1 aliphatic carbocycles. The Hall–Kier alpha value is -4.54. The number of benzene rings is 3. The van der Waals surface area contributed by atoms with Crippen LogP contribution in [0.4, 0.5) is 0 Å². The number of ether oxygens (including phenoxy) is 1. The summed E-state index contributed by atoms with van der Waals surface area (Å²) in [5.41, 5.74) is 5.90. The summed E-state index contributed by atoms with van der Waals surface area (Å²) in [4.78, 5) is 33.4. The third kappa shape index (κ3) is 8.18. The number of nitrogens with zero attached hydrogens (tertiary/aromatic N) is 3. The Balaban J connectivity index is 1.18. The Morgan fingerprint density at radius 1 is 0.902 bits per heavy atom. The molecule has 0 aliphatic heterocycles. The molecule has 1 saturated carbocycles. The molecule has 268 valence electrons. The first-order chi connectivity index (χ1) is 24.3. The van der Waals surface area contributed by atoms with Gasteiger partial charge in [0.05, 0.1) is 17.5 Å². The lowest BCUT2D eigenvalue weighted by atomic mass is 9.95. The fourth-order valence-electron chi connectivity index (χ4n) is 6.66. The van der Waals surface area contributed by atoms with Crippen LogP contribution in [0.15, 0.2) is 86.9 Å². The number of rotatable bonds is 11. The van der Waals surface area contributed by atoms with Gasteiger partial charge in [0, 0.05) is 23.7 Å². The van der Waals surface area contributed by atoms with E-state index in [9.17, 15) is 9.59 Å². The smallest absolute Gasteiger partial charge is 0.439 e. The zero-order chi connectivity index (χ0) is 36.3. The molecule has 0 atom stereocenters. The molecule has 2 heterocycles. The molecule has 1 N–H and O–H groups in total. The van der Waals surface area contributed by atoms with E-state index in [1.165, 1.54) is 0 Å². The lowest BCUT2D eigenvalue weighted by Crippen LogP contribution is -2.45. The molecule has 0 spiro atoms. The van der Waals surface area contributed by atoms with Crippen molar-refractivity contribution in [2.75, 3.05) is 0 Å². The summed E-state index contributed by atoms with van der Waals surface area (Å²) in [6.45, 7) is 15.5. The van der Waals surface area contributed by atoms with Crippen molar-refractivity contribution >= 4 is 8.32 Å². The first-order valence-electron chi connectivity index (χ1n) is 18.1. The second kappa shape index (κ2) is 15.0. The zero-order valence-electron chi connectivity index (χ0n) is 30.9. The van der Waals surface area contributed by atoms with Crippen LogP contribution in [0.25, 0.3) is 28.2 Å². The molecule has 0 bridgehead atoms. The second-order valence-corrected chi connectivity index (χ2v) is 20.0. The van der Waals surface area contributed by atoms with Crippen molar-refractivity contribution in [1.82, 2.24) is 19.7 Å². The molecule has 0 radical (unpaired) electrons. The highest BCUT2D eigenvalue weighted by Gasteiger charge is 2.40. The minimum Gasteiger partial charge on any atom is -0.490 e. The number of aromatic amines is 1. The monoisotopic (exact) mass is 706 g/mol. The van der Waals surface area contributed by atoms with Gasteiger partial charge >= 0.3 is 5.76 Å². The molecule has 1 fully saturated rings. The van der Waals surface area contributed by atoms with Crippen LogP contribution in [0.1, 0.15) is 82.4 Å². The van der Waals surface area contributed by atoms with E-state index in [1.54, 1.807) is 4.57 Å². The van der Waals surface area contributed by atoms with Crippen molar-refractivity contribution in [2.24, 2.45) is 0 Å². The van der Waals surface area contributed by atoms with E-state index in [-0.39, 0.29) is 16.7 Å². The van der Waals surface area contributed by atoms with Gasteiger partial charge in [-0.1, -0.05) is 87.8 Å². The van der Waals surface area contributed by atoms with E-state index in [0.717, 1.165) is 77.9 Å². The van der Waals surface area contributed by atoms with E-state index >= 15 is 0 Å². The summed E-state index contributed by atoms with van der Waals surface area (Å²) in [6.07, 6.45) is 6.53. The van der Waals surface area contributed by atoms with Gasteiger partial charge in [0.25, 0.3) is 5.56 Å². The van der Waals surface area contributed by atoms with Crippen LogP contribution in [0.3, 0.4) is 0 Å². The van der Waals surface area contributed by atoms with Gasteiger partial charge < -0.3 is 9.16 Å². The van der Waals surface area contributed by atoms with Crippen LogP contribution >= 0.6 is 0 Å². The topological polar surface area (TPSA) is 112 Å². The van der Waals surface area contributed by atoms with E-state index in [1.807, 2.05) is 79.7 Å². The minimum absolute atomic E-state index is 0.0518. The van der Waals surface area contributed by atoms with E-state index in [2.05, 4.69) is 50.9 Å². The van der Waals surface area contributed by atoms with Crippen molar-refractivity contribution in [3.63, 3.8) is 0 Å². The molecule has 0 unspecified atom stereocenters. The second-order valence-electron chi connectivity index (χ2n) is 15.2. The number of hydrogen-bond donors (Lipinski definition) is 1. The highest BCUT2D eigenvalue weighted by molar-refractivity contribution is 6.74. The molecule has 9 nitrogen and oxygen atoms in total. The van der Waals surface area contributed by atoms with Crippen LogP contribution in [0.5, 0.6) is 5.75 Å². The van der Waals surface area contributed by atoms with Gasteiger partial charge in [-0.3, -0.25) is 18.9 Å². The predicted molar refractivity (Wildman–Crippen MR) is 204 cm³/mol. The Bertz CT molecular complexity index is 2070. The van der Waals surface area contributed by atoms with Crippen molar-refractivity contribution in [1.29, 1.82) is 0 Å². The molecule has 3 aromatic carbocycles. The number of H-pyrrole nitrogens is 1. The molecule has 0 amide bonds. The summed E-state index contributed by atoms with van der Waals surface area (Å²) in [5, 5.41) is 4.08. The third-order valence-corrected chi connectivity index (χ3v) is 15.0. The van der Waals surface area contributed by atoms with Gasteiger partial charge in [-0.05, 0) is 98.1 Å². The van der Waals surface area contributed by atoms with Crippen LogP contribution in [-0.4, -0.2) is 40.2 Å². The van der Waals surface area contributed by atoms with Crippen LogP contribution < -0.4 is 16.1 Å². The van der Waals surface area contributed by atoms with E-state index < -0.39 is 14.1 Å². The molecular formula is C41H50N4O5Si. The SMILES string of the molecule is CCCc1nc(C)n(-c2ccc(OC3CCC(O[Si](C)(C)C(C)(C)C)CC3)cc2)c(=O)c1Cc1ccc(-c2ccccc2-c2noc(=O)[nH]2)cc1. The van der Waals surface area contributed by atoms with Crippen molar-refractivity contribution in [3.05, 3.63) is 116 Å². The first-order valence-corrected chi connectivity index (χ1v) is 21.0. The van der Waals surface area contributed by atoms with E-state index in [0.29, 0.717) is 29.7 Å². The average molecular weight is 707 g/mol. The third-order valence-electron chi connectivity index (χ3n) is 10.5. The molecule has 1 aliphatic rings. The van der Waals surface area contributed by atoms with Gasteiger partial charge in [-0.2, -0.15) is 0 Å². The number of hydrogen-bond acceptors (Lipinski definition) is 7. The highest BCUT2D eigenvalue weighted by Crippen LogP contribution is 2.39. The Kier molecular flexibility index (Phi) is 10.6. The number of aromatic nitrogens is 4. The molecule has 0 saturated heterocycles. The number of nitrogens with one attached hydrogen (secondary N) is 1. The van der Waals surface area contributed by atoms with Crippen LogP contribution in [0.2, 0.25) is 18.1 Å². The fraction of sp³-hybridized carbons (Fsp3) is 0.415. The standard InChI is InChI=1S/C41H50N4O5Si/c1-8-11-37-36(26-28-14-16-29(17-15-28)34-12-9-10-13-35(34)38-43-40(47)49-44-38)39(46)45(27(2)42-37)30-18-20-31(21-19-30)48-32-22-24-33(25-23-32)50-51(6,7)41(3,4)5/h9-10,12-21,32-33H,8,11,22-26H2,1-7H3,(H,43,44,47). The summed E-state index contributed by atoms with van der Waals surface area (Å²) < 4.78 is 19.5. The fourth-order valence-corrected chi connectivity index (χ4v) is 8.09. The summed E-state index contributed by atoms with van der Waals surface area (Å²) in [5.74, 6) is 1.26. The molecule has 5 aromatic rings. The number of aryl methyl sites for hydroxylation is 2. The zero-order valence-corrected chi connectivity index (χ0v) is 31.9. The summed E-state index contributed by atoms with van der Waals surface area (Å²) in [6, 6.07) is 23.7. The normalized spacial score (nSPS) is 16.7. The van der Waals surface area contributed by atoms with Gasteiger partial charge in [0.1, 0.15) is 11.6 Å². The predicted octanol–water partition coefficient (Wildman–Crippen LogP) is 8.81. The largest absolute Gasteiger partial charge is 0.490 e. The van der Waals surface area contributed by atoms with E-state index in [4.69, 9.17) is 18.7 Å². The Morgan fingerprint density at radius 3 is 2.16 bits per heavy atom. The first kappa shape index (κ1) is 36.3. The molecule has 6 rings (SSSR count). The maximum absolute atomic E-state index is 14.2. The van der Waals surface area contributed by atoms with Crippen molar-refractivity contribution < 1.29 is 13.7 Å². The van der Waals surface area contributed by atoms with Crippen LogP contribution in [0, 0.1) is 6.92 Å². The minimum atomic E-state index is -1.79. The maximum Gasteiger partial charge on any atom is 0.439 e. The van der Waals surface area contributed by atoms with Gasteiger partial charge in [0.2, 0.25) is 0 Å². The van der Waals surface area contributed by atoms with Crippen molar-refractivity contribution in [3.8, 4) is 34.0 Å². The highest BCUT2D eigenvalue weighted by atomic mass is 28.4. The van der Waals surface area contributed by atoms with Gasteiger partial charge in [0.15, 0.2) is 14.1 Å². The van der Waals surface area contributed by atoms with Gasteiger partial charge in [-0.25, -0.2) is 9.78 Å². The maximum atomic E-state index is 14.2. The lowest BCUT2D eigenvalue weighted by Gasteiger charge is -2.41. The lowest BCUT2D eigenvalue weighted by molar-refractivity contribution is 0.0726. The average Bonchev–Trinajstić information content (AvgIpc) is 3.54. The Morgan fingerprint density at radius 2 is 1.55 bits per heavy atom.